The van der Waals surface area contributed by atoms with Crippen molar-refractivity contribution in [3.05, 3.63) is 12.2 Å². The smallest absolute Gasteiger partial charge is 0.245 e. The molecule has 2 unspecified atom stereocenters. The fourth-order valence-corrected chi connectivity index (χ4v) is 2.50. The summed E-state index contributed by atoms with van der Waals surface area (Å²) in [4.78, 5) is 30.1. The molecule has 0 bridgehead atoms. The number of aromatic nitrogens is 2. The number of piperazine rings is 1. The maximum Gasteiger partial charge on any atom is 0.245 e. The van der Waals surface area contributed by atoms with Crippen molar-refractivity contribution in [2.24, 2.45) is 0 Å². The molecule has 2 amide bonds. The standard InChI is InChI=1S/C13H20N4O3/c1-3-5-9-13(19)17(10(4-2)12(18)16-9)7-6-11-14-8-15-20-11/h8-10H,3-7H2,1-2H3,(H,16,18). The van der Waals surface area contributed by atoms with Crippen molar-refractivity contribution in [3.8, 4) is 0 Å². The van der Waals surface area contributed by atoms with Crippen molar-refractivity contribution in [1.29, 1.82) is 0 Å². The second-order valence-electron chi connectivity index (χ2n) is 4.89. The van der Waals surface area contributed by atoms with E-state index in [9.17, 15) is 9.59 Å². The van der Waals surface area contributed by atoms with Crippen LogP contribution in [0.4, 0.5) is 0 Å². The lowest BCUT2D eigenvalue weighted by Gasteiger charge is -2.38. The van der Waals surface area contributed by atoms with Crippen molar-refractivity contribution >= 4 is 11.8 Å². The molecule has 1 aromatic heterocycles. The molecule has 1 aromatic rings. The molecule has 0 radical (unpaired) electrons. The van der Waals surface area contributed by atoms with E-state index >= 15 is 0 Å². The van der Waals surface area contributed by atoms with Gasteiger partial charge < -0.3 is 14.7 Å². The number of hydrogen-bond donors (Lipinski definition) is 1. The van der Waals surface area contributed by atoms with E-state index in [2.05, 4.69) is 15.5 Å². The Morgan fingerprint density at radius 3 is 2.80 bits per heavy atom. The monoisotopic (exact) mass is 280 g/mol. The van der Waals surface area contributed by atoms with Gasteiger partial charge in [-0.05, 0) is 12.8 Å². The third kappa shape index (κ3) is 2.97. The Kier molecular flexibility index (Phi) is 4.70. The fraction of sp³-hybridized carbons (Fsp3) is 0.692. The van der Waals surface area contributed by atoms with Crippen LogP contribution in [0.25, 0.3) is 0 Å². The van der Waals surface area contributed by atoms with E-state index in [0.717, 1.165) is 6.42 Å². The van der Waals surface area contributed by atoms with Crippen molar-refractivity contribution in [2.45, 2.75) is 51.6 Å². The average molecular weight is 280 g/mol. The Bertz CT molecular complexity index is 460. The average Bonchev–Trinajstić information content (AvgIpc) is 2.94. The van der Waals surface area contributed by atoms with Gasteiger partial charge in [0, 0.05) is 13.0 Å². The maximum atomic E-state index is 12.4. The molecule has 7 heteroatoms. The highest BCUT2D eigenvalue weighted by molar-refractivity contribution is 5.96. The van der Waals surface area contributed by atoms with E-state index in [1.54, 1.807) is 4.90 Å². The minimum Gasteiger partial charge on any atom is -0.343 e. The molecule has 2 heterocycles. The van der Waals surface area contributed by atoms with E-state index in [1.807, 2.05) is 13.8 Å². The lowest BCUT2D eigenvalue weighted by molar-refractivity contribution is -0.149. The fourth-order valence-electron chi connectivity index (χ4n) is 2.50. The van der Waals surface area contributed by atoms with Crippen LogP contribution in [0.2, 0.25) is 0 Å². The summed E-state index contributed by atoms with van der Waals surface area (Å²) in [5.74, 6) is 0.388. The zero-order valence-electron chi connectivity index (χ0n) is 11.8. The number of rotatable bonds is 6. The van der Waals surface area contributed by atoms with Gasteiger partial charge in [0.1, 0.15) is 12.1 Å². The van der Waals surface area contributed by atoms with Crippen LogP contribution in [0.15, 0.2) is 10.9 Å². The zero-order chi connectivity index (χ0) is 14.5. The summed E-state index contributed by atoms with van der Waals surface area (Å²) in [6.07, 6.45) is 3.91. The largest absolute Gasteiger partial charge is 0.343 e. The molecular weight excluding hydrogens is 260 g/mol. The predicted molar refractivity (Wildman–Crippen MR) is 70.6 cm³/mol. The number of nitrogens with one attached hydrogen (secondary N) is 1. The third-order valence-corrected chi connectivity index (χ3v) is 3.51. The van der Waals surface area contributed by atoms with Gasteiger partial charge in [-0.1, -0.05) is 25.4 Å². The first kappa shape index (κ1) is 14.5. The van der Waals surface area contributed by atoms with Gasteiger partial charge in [-0.25, -0.2) is 0 Å². The number of carbonyl (C=O) groups is 2. The highest BCUT2D eigenvalue weighted by Gasteiger charge is 2.38. The summed E-state index contributed by atoms with van der Waals surface area (Å²) >= 11 is 0. The molecule has 0 aliphatic carbocycles. The number of nitrogens with zero attached hydrogens (tertiary/aromatic N) is 3. The van der Waals surface area contributed by atoms with Crippen LogP contribution in [-0.2, 0) is 16.0 Å². The van der Waals surface area contributed by atoms with E-state index in [1.165, 1.54) is 6.33 Å². The Morgan fingerprint density at radius 2 is 2.20 bits per heavy atom. The molecule has 0 aromatic carbocycles. The molecule has 110 valence electrons. The predicted octanol–water partition coefficient (Wildman–Crippen LogP) is 0.518. The number of amides is 2. The van der Waals surface area contributed by atoms with Crippen LogP contribution < -0.4 is 5.32 Å². The van der Waals surface area contributed by atoms with Crippen LogP contribution in [0.1, 0.15) is 39.0 Å². The molecule has 2 rings (SSSR count). The molecule has 1 saturated heterocycles. The maximum absolute atomic E-state index is 12.4. The topological polar surface area (TPSA) is 88.3 Å². The van der Waals surface area contributed by atoms with E-state index in [0.29, 0.717) is 31.7 Å². The highest BCUT2D eigenvalue weighted by atomic mass is 16.5. The molecule has 1 aliphatic rings. The third-order valence-electron chi connectivity index (χ3n) is 3.51. The molecule has 1 aliphatic heterocycles. The minimum atomic E-state index is -0.405. The molecule has 0 saturated carbocycles. The molecular formula is C13H20N4O3. The highest BCUT2D eigenvalue weighted by Crippen LogP contribution is 2.16. The molecule has 1 N–H and O–H groups in total. The van der Waals surface area contributed by atoms with Crippen molar-refractivity contribution in [1.82, 2.24) is 20.4 Å². The Labute approximate surface area is 117 Å². The second kappa shape index (κ2) is 6.49. The van der Waals surface area contributed by atoms with Crippen molar-refractivity contribution in [2.75, 3.05) is 6.54 Å². The molecule has 1 fully saturated rings. The van der Waals surface area contributed by atoms with Gasteiger partial charge in [0.25, 0.3) is 0 Å². The van der Waals surface area contributed by atoms with Gasteiger partial charge in [-0.15, -0.1) is 0 Å². The van der Waals surface area contributed by atoms with Crippen LogP contribution in [-0.4, -0.2) is 45.5 Å². The Balaban J connectivity index is 2.07. The van der Waals surface area contributed by atoms with Gasteiger partial charge in [0.05, 0.1) is 0 Å². The Hall–Kier alpha value is -1.92. The molecule has 0 spiro atoms. The van der Waals surface area contributed by atoms with Crippen LogP contribution in [0, 0.1) is 0 Å². The van der Waals surface area contributed by atoms with Crippen LogP contribution in [0.3, 0.4) is 0 Å². The number of carbonyl (C=O) groups excluding carboxylic acids is 2. The zero-order valence-corrected chi connectivity index (χ0v) is 11.8. The normalized spacial score (nSPS) is 23.0. The van der Waals surface area contributed by atoms with E-state index < -0.39 is 12.1 Å². The van der Waals surface area contributed by atoms with Crippen molar-refractivity contribution in [3.63, 3.8) is 0 Å². The molecule has 2 atom stereocenters. The summed E-state index contributed by atoms with van der Waals surface area (Å²) in [6, 6.07) is -0.809. The number of hydrogen-bond acceptors (Lipinski definition) is 5. The minimum absolute atomic E-state index is 0.0159. The summed E-state index contributed by atoms with van der Waals surface area (Å²) in [5, 5.41) is 6.34. The lowest BCUT2D eigenvalue weighted by atomic mass is 10.0. The van der Waals surface area contributed by atoms with E-state index in [-0.39, 0.29) is 11.8 Å². The van der Waals surface area contributed by atoms with Crippen molar-refractivity contribution < 1.29 is 14.1 Å². The van der Waals surface area contributed by atoms with Crippen LogP contribution >= 0.6 is 0 Å². The quantitative estimate of drug-likeness (QED) is 0.820. The first-order valence-corrected chi connectivity index (χ1v) is 7.03. The summed E-state index contributed by atoms with van der Waals surface area (Å²) < 4.78 is 4.93. The van der Waals surface area contributed by atoms with Gasteiger partial charge >= 0.3 is 0 Å². The summed E-state index contributed by atoms with van der Waals surface area (Å²) in [6.45, 7) is 4.32. The van der Waals surface area contributed by atoms with Gasteiger partial charge in [-0.2, -0.15) is 4.98 Å². The first-order chi connectivity index (χ1) is 9.67. The first-order valence-electron chi connectivity index (χ1n) is 7.03. The van der Waals surface area contributed by atoms with Gasteiger partial charge in [0.15, 0.2) is 6.33 Å². The summed E-state index contributed by atoms with van der Waals surface area (Å²) in [7, 11) is 0. The lowest BCUT2D eigenvalue weighted by Crippen LogP contribution is -2.63. The second-order valence-corrected chi connectivity index (χ2v) is 4.89. The Morgan fingerprint density at radius 1 is 1.40 bits per heavy atom. The van der Waals surface area contributed by atoms with Crippen LogP contribution in [0.5, 0.6) is 0 Å². The molecule has 20 heavy (non-hydrogen) atoms. The van der Waals surface area contributed by atoms with E-state index in [4.69, 9.17) is 4.52 Å². The summed E-state index contributed by atoms with van der Waals surface area (Å²) in [5.41, 5.74) is 0. The molecule has 7 nitrogen and oxygen atoms in total. The SMILES string of the molecule is CCCC1NC(=O)C(CC)N(CCc2ncno2)C1=O. The van der Waals surface area contributed by atoms with Gasteiger partial charge in [0.2, 0.25) is 17.7 Å². The van der Waals surface area contributed by atoms with Gasteiger partial charge in [-0.3, -0.25) is 9.59 Å².